The Bertz CT molecular complexity index is 882. The molecule has 0 aliphatic heterocycles. The summed E-state index contributed by atoms with van der Waals surface area (Å²) in [5.41, 5.74) is 2.23. The van der Waals surface area contributed by atoms with Crippen molar-refractivity contribution in [2.24, 2.45) is 0 Å². The topological polar surface area (TPSA) is 91.0 Å². The normalized spacial score (nSPS) is 9.96. The first kappa shape index (κ1) is 15.3. The number of nitrogens with zero attached hydrogens (tertiary/aromatic N) is 2. The van der Waals surface area contributed by atoms with E-state index >= 15 is 0 Å². The predicted molar refractivity (Wildman–Crippen MR) is 88.6 cm³/mol. The molecule has 6 heteroatoms. The number of carbonyl (C=O) groups excluding carboxylic acids is 1. The van der Waals surface area contributed by atoms with Gasteiger partial charge in [-0.25, -0.2) is 0 Å². The number of nitrogens with one attached hydrogen (secondary N) is 2. The highest BCUT2D eigenvalue weighted by molar-refractivity contribution is 5.94. The van der Waals surface area contributed by atoms with Crippen molar-refractivity contribution in [1.29, 1.82) is 5.26 Å². The second-order valence-electron chi connectivity index (χ2n) is 5.01. The van der Waals surface area contributed by atoms with Crippen LogP contribution >= 0.6 is 0 Å². The maximum Gasteiger partial charge on any atom is 0.253 e. The third kappa shape index (κ3) is 3.59. The molecule has 0 fully saturated rings. The molecular weight excluding hydrogens is 304 g/mol. The van der Waals surface area contributed by atoms with Crippen molar-refractivity contribution in [3.05, 3.63) is 78.0 Å². The van der Waals surface area contributed by atoms with E-state index in [1.165, 1.54) is 6.20 Å². The molecule has 2 aromatic heterocycles. The Labute approximate surface area is 138 Å². The molecule has 1 amide bonds. The van der Waals surface area contributed by atoms with Gasteiger partial charge in [-0.15, -0.1) is 0 Å². The lowest BCUT2D eigenvalue weighted by molar-refractivity contribution is 0.0947. The van der Waals surface area contributed by atoms with Gasteiger partial charge in [0.25, 0.3) is 5.91 Å². The number of hydrogen-bond acceptors (Lipinski definition) is 5. The van der Waals surface area contributed by atoms with Crippen LogP contribution < -0.4 is 10.6 Å². The summed E-state index contributed by atoms with van der Waals surface area (Å²) >= 11 is 0. The van der Waals surface area contributed by atoms with E-state index in [2.05, 4.69) is 21.7 Å². The number of aromatic nitrogens is 1. The van der Waals surface area contributed by atoms with E-state index in [1.54, 1.807) is 48.9 Å². The van der Waals surface area contributed by atoms with Crippen molar-refractivity contribution in [1.82, 2.24) is 10.3 Å². The van der Waals surface area contributed by atoms with E-state index in [0.717, 1.165) is 0 Å². The van der Waals surface area contributed by atoms with Gasteiger partial charge in [-0.05, 0) is 30.3 Å². The third-order valence-corrected chi connectivity index (χ3v) is 3.33. The largest absolute Gasteiger partial charge is 0.467 e. The average Bonchev–Trinajstić information content (AvgIpc) is 3.14. The molecule has 0 radical (unpaired) electrons. The summed E-state index contributed by atoms with van der Waals surface area (Å²) in [6.07, 6.45) is 4.64. The molecule has 0 spiro atoms. The molecule has 6 nitrogen and oxygen atoms in total. The fourth-order valence-corrected chi connectivity index (χ4v) is 2.16. The quantitative estimate of drug-likeness (QED) is 0.753. The first-order valence-corrected chi connectivity index (χ1v) is 7.28. The minimum absolute atomic E-state index is 0.254. The van der Waals surface area contributed by atoms with Gasteiger partial charge in [0.05, 0.1) is 41.5 Å². The number of nitriles is 1. The lowest BCUT2D eigenvalue weighted by Crippen LogP contribution is -2.22. The number of pyridine rings is 1. The van der Waals surface area contributed by atoms with Crippen LogP contribution in [0.4, 0.5) is 11.4 Å². The molecule has 0 aliphatic carbocycles. The highest BCUT2D eigenvalue weighted by Crippen LogP contribution is 2.20. The summed E-state index contributed by atoms with van der Waals surface area (Å²) in [5, 5.41) is 15.0. The van der Waals surface area contributed by atoms with Gasteiger partial charge in [0.1, 0.15) is 11.8 Å². The summed E-state index contributed by atoms with van der Waals surface area (Å²) in [6.45, 7) is 0.306. The van der Waals surface area contributed by atoms with Crippen LogP contribution in [-0.4, -0.2) is 10.9 Å². The third-order valence-electron chi connectivity index (χ3n) is 3.33. The summed E-state index contributed by atoms with van der Waals surface area (Å²) < 4.78 is 5.17. The van der Waals surface area contributed by atoms with Gasteiger partial charge in [-0.3, -0.25) is 9.78 Å². The van der Waals surface area contributed by atoms with Crippen LogP contribution in [0.1, 0.15) is 21.7 Å². The van der Waals surface area contributed by atoms with Gasteiger partial charge in [-0.1, -0.05) is 12.1 Å². The van der Waals surface area contributed by atoms with Crippen LogP contribution in [0.3, 0.4) is 0 Å². The van der Waals surface area contributed by atoms with Gasteiger partial charge < -0.3 is 15.1 Å². The Morgan fingerprint density at radius 3 is 2.88 bits per heavy atom. The van der Waals surface area contributed by atoms with E-state index in [-0.39, 0.29) is 5.91 Å². The van der Waals surface area contributed by atoms with E-state index in [9.17, 15) is 4.79 Å². The Morgan fingerprint density at radius 1 is 1.21 bits per heavy atom. The smallest absolute Gasteiger partial charge is 0.253 e. The number of benzene rings is 1. The molecule has 0 saturated carbocycles. The second kappa shape index (κ2) is 7.11. The molecule has 2 heterocycles. The Balaban J connectivity index is 1.72. The first-order valence-electron chi connectivity index (χ1n) is 7.28. The number of furan rings is 1. The minimum Gasteiger partial charge on any atom is -0.467 e. The van der Waals surface area contributed by atoms with Crippen molar-refractivity contribution in [2.75, 3.05) is 5.32 Å². The maximum atomic E-state index is 12.2. The SMILES string of the molecule is N#Cc1ccccc1Nc1cncc(C(=O)NCc2ccco2)c1. The first-order chi connectivity index (χ1) is 11.8. The van der Waals surface area contributed by atoms with Crippen molar-refractivity contribution in [2.45, 2.75) is 6.54 Å². The summed E-state index contributed by atoms with van der Waals surface area (Å²) in [5.74, 6) is 0.421. The summed E-state index contributed by atoms with van der Waals surface area (Å²) in [7, 11) is 0. The Hall–Kier alpha value is -3.59. The number of amides is 1. The van der Waals surface area contributed by atoms with Crippen molar-refractivity contribution in [3.63, 3.8) is 0 Å². The summed E-state index contributed by atoms with van der Waals surface area (Å²) in [4.78, 5) is 16.3. The number of rotatable bonds is 5. The van der Waals surface area contributed by atoms with Gasteiger partial charge in [-0.2, -0.15) is 5.26 Å². The lowest BCUT2D eigenvalue weighted by Gasteiger charge is -2.09. The monoisotopic (exact) mass is 318 g/mol. The van der Waals surface area contributed by atoms with Crippen LogP contribution in [0.5, 0.6) is 0 Å². The Morgan fingerprint density at radius 2 is 2.08 bits per heavy atom. The second-order valence-corrected chi connectivity index (χ2v) is 5.01. The van der Waals surface area contributed by atoms with Crippen molar-refractivity contribution in [3.8, 4) is 6.07 Å². The van der Waals surface area contributed by atoms with Crippen molar-refractivity contribution >= 4 is 17.3 Å². The average molecular weight is 318 g/mol. The zero-order chi connectivity index (χ0) is 16.8. The molecule has 0 saturated heterocycles. The van der Waals surface area contributed by atoms with Crippen LogP contribution in [0.15, 0.2) is 65.5 Å². The Kier molecular flexibility index (Phi) is 4.54. The van der Waals surface area contributed by atoms with Crippen LogP contribution in [-0.2, 0) is 6.54 Å². The van der Waals surface area contributed by atoms with E-state index in [0.29, 0.717) is 34.8 Å². The molecular formula is C18H14N4O2. The number of carbonyl (C=O) groups is 1. The van der Waals surface area contributed by atoms with Crippen LogP contribution in [0.2, 0.25) is 0 Å². The molecule has 0 bridgehead atoms. The molecule has 118 valence electrons. The zero-order valence-corrected chi connectivity index (χ0v) is 12.7. The van der Waals surface area contributed by atoms with Crippen LogP contribution in [0, 0.1) is 11.3 Å². The number of anilines is 2. The lowest BCUT2D eigenvalue weighted by atomic mass is 10.2. The summed E-state index contributed by atoms with van der Waals surface area (Å²) in [6, 6.07) is 14.5. The maximum absolute atomic E-state index is 12.2. The molecule has 1 aromatic carbocycles. The molecule has 2 N–H and O–H groups in total. The number of hydrogen-bond donors (Lipinski definition) is 2. The van der Waals surface area contributed by atoms with Gasteiger partial charge >= 0.3 is 0 Å². The highest BCUT2D eigenvalue weighted by atomic mass is 16.3. The molecule has 0 aliphatic rings. The predicted octanol–water partition coefficient (Wildman–Crippen LogP) is 3.22. The molecule has 24 heavy (non-hydrogen) atoms. The van der Waals surface area contributed by atoms with E-state index < -0.39 is 0 Å². The van der Waals surface area contributed by atoms with Crippen LogP contribution in [0.25, 0.3) is 0 Å². The molecule has 0 atom stereocenters. The fourth-order valence-electron chi connectivity index (χ4n) is 2.16. The number of para-hydroxylation sites is 1. The standard InChI is InChI=1S/C18H14N4O2/c19-9-13-4-1-2-6-17(13)22-15-8-14(10-20-11-15)18(23)21-12-16-5-3-7-24-16/h1-8,10-11,22H,12H2,(H,21,23). The van der Waals surface area contributed by atoms with Gasteiger partial charge in [0.2, 0.25) is 0 Å². The molecule has 3 rings (SSSR count). The van der Waals surface area contributed by atoms with Gasteiger partial charge in [0.15, 0.2) is 0 Å². The zero-order valence-electron chi connectivity index (χ0n) is 12.7. The van der Waals surface area contributed by atoms with E-state index in [4.69, 9.17) is 9.68 Å². The minimum atomic E-state index is -0.254. The highest BCUT2D eigenvalue weighted by Gasteiger charge is 2.09. The molecule has 3 aromatic rings. The van der Waals surface area contributed by atoms with Crippen molar-refractivity contribution < 1.29 is 9.21 Å². The fraction of sp³-hybridized carbons (Fsp3) is 0.0556. The van der Waals surface area contributed by atoms with E-state index in [1.807, 2.05) is 6.07 Å². The van der Waals surface area contributed by atoms with Gasteiger partial charge in [0, 0.05) is 6.20 Å². The molecule has 0 unspecified atom stereocenters.